The minimum Gasteiger partial charge on any atom is -0.375 e. The van der Waals surface area contributed by atoms with Crippen LogP contribution in [-0.4, -0.2) is 43.7 Å². The number of nitrogens with one attached hydrogen (secondary N) is 2. The van der Waals surface area contributed by atoms with Gasteiger partial charge in [-0.15, -0.1) is 0 Å². The highest BCUT2D eigenvalue weighted by Gasteiger charge is 2.31. The number of carbonyl (C=O) groups is 1. The molecule has 0 radical (unpaired) electrons. The van der Waals surface area contributed by atoms with E-state index < -0.39 is 11.6 Å². The second-order valence-corrected chi connectivity index (χ2v) is 10.9. The molecule has 1 amide bonds. The molecule has 1 atom stereocenters. The Morgan fingerprint density at radius 2 is 1.86 bits per heavy atom. The number of imidazole rings is 1. The molecule has 3 heterocycles. The lowest BCUT2D eigenvalue weighted by Crippen LogP contribution is -2.40. The van der Waals surface area contributed by atoms with Gasteiger partial charge in [0.05, 0.1) is 11.8 Å². The van der Waals surface area contributed by atoms with E-state index in [-0.39, 0.29) is 46.2 Å². The summed E-state index contributed by atoms with van der Waals surface area (Å²) in [5.74, 6) is -1.51. The quantitative estimate of drug-likeness (QED) is 0.404. The van der Waals surface area contributed by atoms with Crippen molar-refractivity contribution < 1.29 is 18.3 Å². The van der Waals surface area contributed by atoms with Crippen molar-refractivity contribution >= 4 is 46.3 Å². The molecule has 1 aliphatic carbocycles. The van der Waals surface area contributed by atoms with E-state index in [0.717, 1.165) is 25.0 Å². The molecule has 37 heavy (non-hydrogen) atoms. The van der Waals surface area contributed by atoms with Crippen LogP contribution in [0.1, 0.15) is 58.4 Å². The molecular weight excluding hydrogens is 504 g/mol. The van der Waals surface area contributed by atoms with E-state index in [1.165, 1.54) is 0 Å². The van der Waals surface area contributed by atoms with Gasteiger partial charge >= 0.3 is 0 Å². The van der Waals surface area contributed by atoms with Crippen LogP contribution < -0.4 is 16.4 Å². The molecule has 9 nitrogen and oxygen atoms in total. The first kappa shape index (κ1) is 25.6. The highest BCUT2D eigenvalue weighted by Crippen LogP contribution is 2.38. The lowest BCUT2D eigenvalue weighted by Gasteiger charge is -2.35. The minimum atomic E-state index is -0.836. The van der Waals surface area contributed by atoms with Gasteiger partial charge in [0.2, 0.25) is 17.8 Å². The smallest absolute Gasteiger partial charge is 0.224 e. The van der Waals surface area contributed by atoms with Gasteiger partial charge in [-0.05, 0) is 64.5 Å². The Balaban J connectivity index is 1.51. The van der Waals surface area contributed by atoms with Gasteiger partial charge in [-0.25, -0.2) is 18.7 Å². The Bertz CT molecular complexity index is 1300. The maximum Gasteiger partial charge on any atom is 0.224 e. The van der Waals surface area contributed by atoms with Crippen molar-refractivity contribution in [2.75, 3.05) is 17.2 Å². The molecule has 5 rings (SSSR count). The molecule has 2 aromatic heterocycles. The van der Waals surface area contributed by atoms with E-state index >= 15 is 0 Å². The molecule has 1 aliphatic heterocycles. The van der Waals surface area contributed by atoms with Crippen molar-refractivity contribution in [1.82, 2.24) is 19.5 Å². The molecule has 2 aliphatic rings. The number of aromatic nitrogens is 4. The van der Waals surface area contributed by atoms with Crippen molar-refractivity contribution in [3.63, 3.8) is 0 Å². The Hall–Kier alpha value is -3.05. The minimum absolute atomic E-state index is 0.0447. The fourth-order valence-corrected chi connectivity index (χ4v) is 5.52. The molecule has 0 unspecified atom stereocenters. The molecule has 0 bridgehead atoms. The monoisotopic (exact) mass is 533 g/mol. The third-order valence-electron chi connectivity index (χ3n) is 7.17. The standard InChI is InChI=1S/C25H30ClF2N7O2/c1-25(2)11-15(7-8-37-25)31-23-30-12-19-22(34-23)35(16-5-3-13(4-6-16)21(29)36)24(32-19)33-20-17(27)9-14(26)10-18(20)28/h9-10,12-13,15-16H,3-8,11H2,1-2H3,(H2,29,36)(H,32,33)(H,30,31,34)/t13?,15-,16?/m1/s1. The number of hydrogen-bond donors (Lipinski definition) is 3. The highest BCUT2D eigenvalue weighted by molar-refractivity contribution is 6.30. The van der Waals surface area contributed by atoms with Crippen LogP contribution in [0.25, 0.3) is 11.2 Å². The van der Waals surface area contributed by atoms with Crippen molar-refractivity contribution in [3.05, 3.63) is 35.0 Å². The molecule has 2 fully saturated rings. The average molecular weight is 534 g/mol. The van der Waals surface area contributed by atoms with E-state index in [2.05, 4.69) is 34.4 Å². The summed E-state index contributed by atoms with van der Waals surface area (Å²) < 4.78 is 36.9. The maximum absolute atomic E-state index is 14.6. The van der Waals surface area contributed by atoms with E-state index in [1.54, 1.807) is 6.20 Å². The topological polar surface area (TPSA) is 120 Å². The van der Waals surface area contributed by atoms with Gasteiger partial charge in [0.15, 0.2) is 17.3 Å². The number of anilines is 3. The Morgan fingerprint density at radius 1 is 1.16 bits per heavy atom. The van der Waals surface area contributed by atoms with Crippen LogP contribution in [0.4, 0.5) is 26.4 Å². The summed E-state index contributed by atoms with van der Waals surface area (Å²) >= 11 is 5.80. The predicted octanol–water partition coefficient (Wildman–Crippen LogP) is 5.09. The van der Waals surface area contributed by atoms with Gasteiger partial charge < -0.3 is 21.1 Å². The van der Waals surface area contributed by atoms with Crippen LogP contribution in [0.15, 0.2) is 18.3 Å². The lowest BCUT2D eigenvalue weighted by molar-refractivity contribution is -0.122. The predicted molar refractivity (Wildman–Crippen MR) is 137 cm³/mol. The zero-order valence-corrected chi connectivity index (χ0v) is 21.5. The maximum atomic E-state index is 14.6. The number of ether oxygens (including phenoxy) is 1. The number of hydrogen-bond acceptors (Lipinski definition) is 7. The van der Waals surface area contributed by atoms with Crippen LogP contribution in [0.3, 0.4) is 0 Å². The summed E-state index contributed by atoms with van der Waals surface area (Å²) in [5, 5.41) is 6.18. The lowest BCUT2D eigenvalue weighted by atomic mass is 9.85. The molecule has 1 saturated heterocycles. The van der Waals surface area contributed by atoms with Crippen LogP contribution in [0, 0.1) is 17.6 Å². The summed E-state index contributed by atoms with van der Waals surface area (Å²) in [6.07, 6.45) is 5.71. The molecular formula is C25H30ClF2N7O2. The number of primary amides is 1. The number of benzene rings is 1. The normalized spacial score (nSPS) is 23.6. The number of halogens is 3. The second kappa shape index (κ2) is 10.0. The fourth-order valence-electron chi connectivity index (χ4n) is 5.32. The molecule has 12 heteroatoms. The zero-order valence-electron chi connectivity index (χ0n) is 20.7. The Labute approximate surface area is 218 Å². The summed E-state index contributed by atoms with van der Waals surface area (Å²) in [7, 11) is 0. The van der Waals surface area contributed by atoms with E-state index in [0.29, 0.717) is 49.4 Å². The highest BCUT2D eigenvalue weighted by atomic mass is 35.5. The van der Waals surface area contributed by atoms with Gasteiger partial charge in [0, 0.05) is 29.6 Å². The van der Waals surface area contributed by atoms with Crippen molar-refractivity contribution in [3.8, 4) is 0 Å². The van der Waals surface area contributed by atoms with Crippen LogP contribution in [0.5, 0.6) is 0 Å². The average Bonchev–Trinajstić information content (AvgIpc) is 3.18. The van der Waals surface area contributed by atoms with Crippen molar-refractivity contribution in [2.24, 2.45) is 11.7 Å². The molecule has 3 aromatic rings. The fraction of sp³-hybridized carbons (Fsp3) is 0.520. The number of rotatable bonds is 6. The largest absolute Gasteiger partial charge is 0.375 e. The number of amides is 1. The second-order valence-electron chi connectivity index (χ2n) is 10.4. The van der Waals surface area contributed by atoms with Crippen LogP contribution >= 0.6 is 11.6 Å². The third-order valence-corrected chi connectivity index (χ3v) is 7.39. The molecule has 1 aromatic carbocycles. The van der Waals surface area contributed by atoms with Gasteiger partial charge in [-0.3, -0.25) is 9.36 Å². The van der Waals surface area contributed by atoms with E-state index in [4.69, 9.17) is 27.1 Å². The van der Waals surface area contributed by atoms with Gasteiger partial charge in [-0.2, -0.15) is 4.98 Å². The zero-order chi connectivity index (χ0) is 26.3. The summed E-state index contributed by atoms with van der Waals surface area (Å²) in [6, 6.07) is 2.11. The number of nitrogens with zero attached hydrogens (tertiary/aromatic N) is 4. The molecule has 0 spiro atoms. The Kier molecular flexibility index (Phi) is 6.93. The van der Waals surface area contributed by atoms with E-state index in [9.17, 15) is 13.6 Å². The van der Waals surface area contributed by atoms with Crippen molar-refractivity contribution in [2.45, 2.75) is 70.1 Å². The van der Waals surface area contributed by atoms with Crippen molar-refractivity contribution in [1.29, 1.82) is 0 Å². The molecule has 4 N–H and O–H groups in total. The first-order valence-corrected chi connectivity index (χ1v) is 12.8. The SMILES string of the molecule is CC1(C)C[C@H](Nc2ncc3nc(Nc4c(F)cc(Cl)cc4F)n(C4CCC(C(N)=O)CC4)c3n2)CCO1. The third kappa shape index (κ3) is 5.47. The van der Waals surface area contributed by atoms with Gasteiger partial charge in [0.25, 0.3) is 0 Å². The first-order valence-electron chi connectivity index (χ1n) is 12.5. The number of nitrogens with two attached hydrogens (primary N) is 1. The Morgan fingerprint density at radius 3 is 2.51 bits per heavy atom. The summed E-state index contributed by atoms with van der Waals surface area (Å²) in [6.45, 7) is 4.74. The first-order chi connectivity index (χ1) is 17.6. The van der Waals surface area contributed by atoms with Gasteiger partial charge in [-0.1, -0.05) is 11.6 Å². The number of fused-ring (bicyclic) bond motifs is 1. The molecule has 1 saturated carbocycles. The van der Waals surface area contributed by atoms with Crippen LogP contribution in [-0.2, 0) is 9.53 Å². The van der Waals surface area contributed by atoms with E-state index in [1.807, 2.05) is 4.57 Å². The molecule has 198 valence electrons. The van der Waals surface area contributed by atoms with Gasteiger partial charge in [0.1, 0.15) is 11.2 Å². The van der Waals surface area contributed by atoms with Crippen LogP contribution in [0.2, 0.25) is 5.02 Å². The number of carbonyl (C=O) groups excluding carboxylic acids is 1. The summed E-state index contributed by atoms with van der Waals surface area (Å²) in [4.78, 5) is 25.5. The summed E-state index contributed by atoms with van der Waals surface area (Å²) in [5.41, 5.74) is 5.93.